The van der Waals surface area contributed by atoms with Crippen molar-refractivity contribution in [2.45, 2.75) is 45.2 Å². The number of anilines is 1. The van der Waals surface area contributed by atoms with Crippen molar-refractivity contribution < 1.29 is 4.79 Å². The summed E-state index contributed by atoms with van der Waals surface area (Å²) >= 11 is 0. The molecule has 1 amide bonds. The molecule has 2 heterocycles. The monoisotopic (exact) mass is 323 g/mol. The Morgan fingerprint density at radius 2 is 2.08 bits per heavy atom. The van der Waals surface area contributed by atoms with Crippen LogP contribution >= 0.6 is 0 Å². The molecule has 0 bridgehead atoms. The summed E-state index contributed by atoms with van der Waals surface area (Å²) in [7, 11) is 0. The van der Waals surface area contributed by atoms with Gasteiger partial charge in [0.05, 0.1) is 0 Å². The van der Waals surface area contributed by atoms with Crippen LogP contribution in [0.25, 0.3) is 0 Å². The molecule has 1 aliphatic rings. The maximum Gasteiger partial charge on any atom is 0.272 e. The van der Waals surface area contributed by atoms with Crippen LogP contribution in [0.3, 0.4) is 0 Å². The molecule has 1 aromatic heterocycles. The highest BCUT2D eigenvalue weighted by molar-refractivity contribution is 5.93. The molecule has 1 aromatic carbocycles. The Labute approximate surface area is 143 Å². The van der Waals surface area contributed by atoms with Gasteiger partial charge < -0.3 is 10.2 Å². The van der Waals surface area contributed by atoms with E-state index in [9.17, 15) is 4.79 Å². The molecule has 0 aliphatic carbocycles. The summed E-state index contributed by atoms with van der Waals surface area (Å²) in [5.74, 6) is 0.0601. The highest BCUT2D eigenvalue weighted by Crippen LogP contribution is 2.22. The first-order chi connectivity index (χ1) is 11.8. The van der Waals surface area contributed by atoms with Crippen LogP contribution in [0, 0.1) is 0 Å². The molecule has 1 unspecified atom stereocenters. The van der Waals surface area contributed by atoms with Crippen molar-refractivity contribution >= 4 is 11.6 Å². The van der Waals surface area contributed by atoms with Crippen LogP contribution in [0.5, 0.6) is 0 Å². The van der Waals surface area contributed by atoms with Crippen LogP contribution in [0.15, 0.2) is 48.7 Å². The zero-order valence-corrected chi connectivity index (χ0v) is 14.2. The van der Waals surface area contributed by atoms with Crippen molar-refractivity contribution in [3.8, 4) is 0 Å². The molecule has 1 saturated heterocycles. The van der Waals surface area contributed by atoms with Gasteiger partial charge in [0.15, 0.2) is 0 Å². The normalized spacial score (nSPS) is 17.5. The van der Waals surface area contributed by atoms with E-state index >= 15 is 0 Å². The van der Waals surface area contributed by atoms with E-state index in [1.54, 1.807) is 6.20 Å². The number of nitrogens with one attached hydrogen (secondary N) is 1. The van der Waals surface area contributed by atoms with E-state index in [1.807, 2.05) is 35.2 Å². The van der Waals surface area contributed by atoms with Crippen molar-refractivity contribution in [3.05, 3.63) is 59.9 Å². The quantitative estimate of drug-likeness (QED) is 0.901. The number of pyridine rings is 1. The van der Waals surface area contributed by atoms with E-state index in [0.29, 0.717) is 11.7 Å². The molecule has 0 saturated carbocycles. The van der Waals surface area contributed by atoms with E-state index in [1.165, 1.54) is 12.0 Å². The van der Waals surface area contributed by atoms with Crippen LogP contribution in [-0.4, -0.2) is 28.4 Å². The maximum atomic E-state index is 12.8. The molecular formula is C20H25N3O. The number of likely N-dealkylation sites (tertiary alicyclic amines) is 1. The Hall–Kier alpha value is -2.36. The largest absolute Gasteiger partial charge is 0.381 e. The van der Waals surface area contributed by atoms with E-state index in [-0.39, 0.29) is 5.91 Å². The van der Waals surface area contributed by atoms with Gasteiger partial charge in [0.1, 0.15) is 5.69 Å². The molecule has 3 rings (SSSR count). The van der Waals surface area contributed by atoms with Gasteiger partial charge in [-0.1, -0.05) is 37.3 Å². The lowest BCUT2D eigenvalue weighted by atomic mass is 9.99. The molecular weight excluding hydrogens is 298 g/mol. The van der Waals surface area contributed by atoms with Gasteiger partial charge in [0, 0.05) is 31.0 Å². The number of aromatic nitrogens is 1. The van der Waals surface area contributed by atoms with Crippen LogP contribution in [0.2, 0.25) is 0 Å². The topological polar surface area (TPSA) is 45.2 Å². The number of rotatable bonds is 5. The zero-order valence-electron chi connectivity index (χ0n) is 14.2. The molecule has 24 heavy (non-hydrogen) atoms. The first kappa shape index (κ1) is 16.5. The minimum Gasteiger partial charge on any atom is -0.381 e. The third kappa shape index (κ3) is 3.94. The van der Waals surface area contributed by atoms with Crippen LogP contribution in [-0.2, 0) is 6.54 Å². The van der Waals surface area contributed by atoms with Gasteiger partial charge in [-0.3, -0.25) is 9.78 Å². The predicted octanol–water partition coefficient (Wildman–Crippen LogP) is 4.10. The summed E-state index contributed by atoms with van der Waals surface area (Å²) in [5.41, 5.74) is 2.68. The molecule has 1 aliphatic heterocycles. The van der Waals surface area contributed by atoms with Crippen LogP contribution in [0.1, 0.15) is 48.7 Å². The fraction of sp³-hybridized carbons (Fsp3) is 0.400. The summed E-state index contributed by atoms with van der Waals surface area (Å²) in [4.78, 5) is 19.1. The molecule has 0 radical (unpaired) electrons. The summed E-state index contributed by atoms with van der Waals surface area (Å²) < 4.78 is 0. The number of carbonyl (C=O) groups excluding carboxylic acids is 1. The predicted molar refractivity (Wildman–Crippen MR) is 97.0 cm³/mol. The molecule has 4 nitrogen and oxygen atoms in total. The number of benzene rings is 1. The number of amides is 1. The Morgan fingerprint density at radius 3 is 2.88 bits per heavy atom. The lowest BCUT2D eigenvalue weighted by molar-refractivity contribution is 0.0602. The van der Waals surface area contributed by atoms with Gasteiger partial charge in [-0.15, -0.1) is 0 Å². The van der Waals surface area contributed by atoms with Crippen molar-refractivity contribution in [2.24, 2.45) is 0 Å². The average molecular weight is 323 g/mol. The van der Waals surface area contributed by atoms with Gasteiger partial charge >= 0.3 is 0 Å². The summed E-state index contributed by atoms with van der Waals surface area (Å²) in [6.07, 6.45) is 6.14. The lowest BCUT2D eigenvalue weighted by Gasteiger charge is -2.35. The smallest absolute Gasteiger partial charge is 0.272 e. The fourth-order valence-corrected chi connectivity index (χ4v) is 3.30. The number of nitrogens with zero attached hydrogens (tertiary/aromatic N) is 2. The van der Waals surface area contributed by atoms with Crippen molar-refractivity contribution in [2.75, 3.05) is 11.9 Å². The molecule has 1 N–H and O–H groups in total. The number of carbonyl (C=O) groups is 1. The highest BCUT2D eigenvalue weighted by atomic mass is 16.2. The molecule has 1 fully saturated rings. The Bertz CT molecular complexity index is 672. The van der Waals surface area contributed by atoms with E-state index in [0.717, 1.165) is 38.0 Å². The average Bonchev–Trinajstić information content (AvgIpc) is 2.67. The van der Waals surface area contributed by atoms with Gasteiger partial charge in [-0.2, -0.15) is 0 Å². The summed E-state index contributed by atoms with van der Waals surface area (Å²) in [6, 6.07) is 14.4. The maximum absolute atomic E-state index is 12.8. The Kier molecular flexibility index (Phi) is 5.47. The van der Waals surface area contributed by atoms with E-state index < -0.39 is 0 Å². The van der Waals surface area contributed by atoms with Gasteiger partial charge in [0.25, 0.3) is 5.91 Å². The molecule has 0 spiro atoms. The Balaban J connectivity index is 1.69. The molecule has 126 valence electrons. The fourth-order valence-electron chi connectivity index (χ4n) is 3.30. The van der Waals surface area contributed by atoms with Gasteiger partial charge in [-0.25, -0.2) is 0 Å². The number of piperidine rings is 1. The lowest BCUT2D eigenvalue weighted by Crippen LogP contribution is -2.43. The zero-order chi connectivity index (χ0) is 16.8. The SMILES string of the molecule is CCC1CCCCN1C(=O)c1cc(NCc2ccccc2)ccn1. The standard InChI is InChI=1S/C20H25N3O/c1-2-18-10-6-7-13-23(18)20(24)19-14-17(11-12-21-19)22-15-16-8-4-3-5-9-16/h3-5,8-9,11-12,14,18H,2,6-7,10,13,15H2,1H3,(H,21,22). The van der Waals surface area contributed by atoms with Crippen molar-refractivity contribution in [1.82, 2.24) is 9.88 Å². The van der Waals surface area contributed by atoms with E-state index in [2.05, 4.69) is 29.4 Å². The first-order valence-electron chi connectivity index (χ1n) is 8.82. The number of hydrogen-bond donors (Lipinski definition) is 1. The molecule has 4 heteroatoms. The summed E-state index contributed by atoms with van der Waals surface area (Å²) in [6.45, 7) is 3.74. The second kappa shape index (κ2) is 7.95. The van der Waals surface area contributed by atoms with Crippen molar-refractivity contribution in [3.63, 3.8) is 0 Å². The van der Waals surface area contributed by atoms with Gasteiger partial charge in [-0.05, 0) is 43.4 Å². The summed E-state index contributed by atoms with van der Waals surface area (Å²) in [5, 5.41) is 3.37. The molecule has 1 atom stereocenters. The minimum atomic E-state index is 0.0601. The van der Waals surface area contributed by atoms with Crippen LogP contribution in [0.4, 0.5) is 5.69 Å². The van der Waals surface area contributed by atoms with Crippen LogP contribution < -0.4 is 5.32 Å². The molecule has 2 aromatic rings. The first-order valence-corrected chi connectivity index (χ1v) is 8.82. The number of hydrogen-bond acceptors (Lipinski definition) is 3. The third-order valence-electron chi connectivity index (χ3n) is 4.68. The minimum absolute atomic E-state index is 0.0601. The highest BCUT2D eigenvalue weighted by Gasteiger charge is 2.26. The second-order valence-electron chi connectivity index (χ2n) is 6.33. The Morgan fingerprint density at radius 1 is 1.25 bits per heavy atom. The van der Waals surface area contributed by atoms with E-state index in [4.69, 9.17) is 0 Å². The third-order valence-corrected chi connectivity index (χ3v) is 4.68. The van der Waals surface area contributed by atoms with Crippen molar-refractivity contribution in [1.29, 1.82) is 0 Å². The second-order valence-corrected chi connectivity index (χ2v) is 6.33. The van der Waals surface area contributed by atoms with Gasteiger partial charge in [0.2, 0.25) is 0 Å².